The van der Waals surface area contributed by atoms with Crippen LogP contribution in [-0.2, 0) is 17.9 Å². The van der Waals surface area contributed by atoms with Gasteiger partial charge in [0.2, 0.25) is 0 Å². The summed E-state index contributed by atoms with van der Waals surface area (Å²) in [6.45, 7) is 5.15. The molecule has 28 heavy (non-hydrogen) atoms. The first-order chi connectivity index (χ1) is 13.5. The molecule has 0 N–H and O–H groups in total. The number of hydrogen-bond acceptors (Lipinski definition) is 4. The van der Waals surface area contributed by atoms with Crippen molar-refractivity contribution in [3.8, 4) is 11.5 Å². The SMILES string of the molecule is C=C1N(Cc2ccc(OC)cc2)C(=O)C=C(CCl)N1Cc1ccc(OC)cc1. The molecule has 5 nitrogen and oxygen atoms in total. The van der Waals surface area contributed by atoms with E-state index in [0.29, 0.717) is 18.9 Å². The number of halogens is 1. The number of benzene rings is 2. The van der Waals surface area contributed by atoms with Gasteiger partial charge in [-0.05, 0) is 35.4 Å². The zero-order valence-electron chi connectivity index (χ0n) is 16.0. The molecule has 2 aromatic carbocycles. The number of hydrogen-bond donors (Lipinski definition) is 0. The molecular formula is C22H23ClN2O3. The minimum Gasteiger partial charge on any atom is -0.497 e. The minimum absolute atomic E-state index is 0.123. The predicted octanol–water partition coefficient (Wildman–Crippen LogP) is 4.14. The largest absolute Gasteiger partial charge is 0.497 e. The van der Waals surface area contributed by atoms with Crippen molar-refractivity contribution in [2.45, 2.75) is 13.1 Å². The predicted molar refractivity (Wildman–Crippen MR) is 110 cm³/mol. The van der Waals surface area contributed by atoms with Gasteiger partial charge in [0.15, 0.2) is 0 Å². The number of rotatable bonds is 7. The Kier molecular flexibility index (Phi) is 6.26. The Balaban J connectivity index is 1.81. The number of ether oxygens (including phenoxy) is 2. The van der Waals surface area contributed by atoms with Gasteiger partial charge in [0.1, 0.15) is 17.3 Å². The highest BCUT2D eigenvalue weighted by molar-refractivity contribution is 6.19. The Morgan fingerprint density at radius 3 is 1.75 bits per heavy atom. The fourth-order valence-corrected chi connectivity index (χ4v) is 3.26. The van der Waals surface area contributed by atoms with Gasteiger partial charge in [0.05, 0.1) is 26.6 Å². The van der Waals surface area contributed by atoms with E-state index in [1.54, 1.807) is 25.2 Å². The van der Waals surface area contributed by atoms with E-state index in [0.717, 1.165) is 28.3 Å². The summed E-state index contributed by atoms with van der Waals surface area (Å²) in [5.74, 6) is 2.29. The van der Waals surface area contributed by atoms with Crippen LogP contribution in [0.25, 0.3) is 0 Å². The third-order valence-corrected chi connectivity index (χ3v) is 4.94. The van der Waals surface area contributed by atoms with Crippen molar-refractivity contribution >= 4 is 17.5 Å². The lowest BCUT2D eigenvalue weighted by molar-refractivity contribution is -0.126. The van der Waals surface area contributed by atoms with Gasteiger partial charge in [-0.3, -0.25) is 9.69 Å². The van der Waals surface area contributed by atoms with Gasteiger partial charge in [0, 0.05) is 18.3 Å². The second kappa shape index (κ2) is 8.85. The highest BCUT2D eigenvalue weighted by Crippen LogP contribution is 2.28. The maximum Gasteiger partial charge on any atom is 0.254 e. The summed E-state index contributed by atoms with van der Waals surface area (Å²) in [6, 6.07) is 15.4. The zero-order chi connectivity index (χ0) is 20.1. The van der Waals surface area contributed by atoms with Crippen molar-refractivity contribution in [3.63, 3.8) is 0 Å². The smallest absolute Gasteiger partial charge is 0.254 e. The van der Waals surface area contributed by atoms with Gasteiger partial charge in [-0.25, -0.2) is 0 Å². The van der Waals surface area contributed by atoms with E-state index in [-0.39, 0.29) is 11.8 Å². The van der Waals surface area contributed by atoms with Crippen LogP contribution in [0.15, 0.2) is 72.7 Å². The van der Waals surface area contributed by atoms with E-state index in [9.17, 15) is 4.79 Å². The summed E-state index contributed by atoms with van der Waals surface area (Å²) < 4.78 is 10.4. The van der Waals surface area contributed by atoms with Gasteiger partial charge in [-0.1, -0.05) is 30.8 Å². The average Bonchev–Trinajstić information content (AvgIpc) is 2.73. The molecule has 0 saturated carbocycles. The Morgan fingerprint density at radius 1 is 0.857 bits per heavy atom. The number of alkyl halides is 1. The number of allylic oxidation sites excluding steroid dienone is 1. The molecule has 0 saturated heterocycles. The monoisotopic (exact) mass is 398 g/mol. The molecule has 6 heteroatoms. The topological polar surface area (TPSA) is 42.0 Å². The quantitative estimate of drug-likeness (QED) is 0.657. The molecule has 0 fully saturated rings. The fraction of sp³-hybridized carbons (Fsp3) is 0.227. The van der Waals surface area contributed by atoms with Crippen LogP contribution in [0.3, 0.4) is 0 Å². The first-order valence-corrected chi connectivity index (χ1v) is 9.39. The average molecular weight is 399 g/mol. The Morgan fingerprint density at radius 2 is 1.32 bits per heavy atom. The molecule has 0 aromatic heterocycles. The number of carbonyl (C=O) groups excluding carboxylic acids is 1. The normalized spacial score (nSPS) is 14.2. The van der Waals surface area contributed by atoms with E-state index < -0.39 is 0 Å². The van der Waals surface area contributed by atoms with Crippen molar-refractivity contribution in [1.82, 2.24) is 9.80 Å². The summed E-state index contributed by atoms with van der Waals surface area (Å²) >= 11 is 6.11. The maximum atomic E-state index is 12.6. The maximum absolute atomic E-state index is 12.6. The van der Waals surface area contributed by atoms with E-state index >= 15 is 0 Å². The summed E-state index contributed by atoms with van der Waals surface area (Å²) in [6.07, 6.45) is 1.58. The molecule has 2 aromatic rings. The first-order valence-electron chi connectivity index (χ1n) is 8.86. The standard InChI is InChI=1S/C22H23ClN2O3/c1-16-24(14-17-4-8-20(27-2)9-5-17)19(13-23)12-22(26)25(16)15-18-6-10-21(28-3)11-7-18/h4-12H,1,13-15H2,2-3H3. The Bertz CT molecular complexity index is 876. The van der Waals surface area contributed by atoms with Crippen molar-refractivity contribution in [1.29, 1.82) is 0 Å². The Hall–Kier alpha value is -2.92. The van der Waals surface area contributed by atoms with Crippen LogP contribution in [0.2, 0.25) is 0 Å². The first kappa shape index (κ1) is 19.8. The zero-order valence-corrected chi connectivity index (χ0v) is 16.8. The van der Waals surface area contributed by atoms with Crippen molar-refractivity contribution in [2.24, 2.45) is 0 Å². The third kappa shape index (κ3) is 4.31. The van der Waals surface area contributed by atoms with Crippen LogP contribution in [0.5, 0.6) is 11.5 Å². The van der Waals surface area contributed by atoms with Crippen LogP contribution in [0, 0.1) is 0 Å². The van der Waals surface area contributed by atoms with Gasteiger partial charge in [-0.2, -0.15) is 0 Å². The summed E-state index contributed by atoms with van der Waals surface area (Å²) in [5, 5.41) is 0. The van der Waals surface area contributed by atoms with Crippen LogP contribution in [0.4, 0.5) is 0 Å². The van der Waals surface area contributed by atoms with E-state index in [1.165, 1.54) is 0 Å². The molecule has 1 aliphatic heterocycles. The lowest BCUT2D eigenvalue weighted by atomic mass is 10.1. The number of nitrogens with zero attached hydrogens (tertiary/aromatic N) is 2. The molecule has 0 bridgehead atoms. The van der Waals surface area contributed by atoms with E-state index in [2.05, 4.69) is 6.58 Å². The molecular weight excluding hydrogens is 376 g/mol. The van der Waals surface area contributed by atoms with E-state index in [4.69, 9.17) is 21.1 Å². The van der Waals surface area contributed by atoms with Gasteiger partial charge in [0.25, 0.3) is 5.91 Å². The second-order valence-corrected chi connectivity index (χ2v) is 6.66. The highest BCUT2D eigenvalue weighted by atomic mass is 35.5. The molecule has 1 heterocycles. The van der Waals surface area contributed by atoms with E-state index in [1.807, 2.05) is 53.4 Å². The molecule has 0 atom stereocenters. The van der Waals surface area contributed by atoms with Crippen LogP contribution in [-0.4, -0.2) is 35.8 Å². The van der Waals surface area contributed by atoms with Gasteiger partial charge >= 0.3 is 0 Å². The van der Waals surface area contributed by atoms with Crippen molar-refractivity contribution in [3.05, 3.63) is 83.8 Å². The van der Waals surface area contributed by atoms with Crippen LogP contribution < -0.4 is 9.47 Å². The molecule has 0 aliphatic carbocycles. The number of methoxy groups -OCH3 is 2. The molecule has 146 valence electrons. The minimum atomic E-state index is -0.123. The molecule has 0 unspecified atom stereocenters. The second-order valence-electron chi connectivity index (χ2n) is 6.39. The molecule has 1 aliphatic rings. The van der Waals surface area contributed by atoms with Crippen LogP contribution in [0.1, 0.15) is 11.1 Å². The molecule has 0 spiro atoms. The van der Waals surface area contributed by atoms with Gasteiger partial charge in [-0.15, -0.1) is 11.6 Å². The highest BCUT2D eigenvalue weighted by Gasteiger charge is 2.28. The summed E-state index contributed by atoms with van der Waals surface area (Å²) in [4.78, 5) is 16.3. The Labute approximate surface area is 170 Å². The fourth-order valence-electron chi connectivity index (χ4n) is 3.04. The lowest BCUT2D eigenvalue weighted by Gasteiger charge is -2.38. The lowest BCUT2D eigenvalue weighted by Crippen LogP contribution is -2.42. The molecule has 0 radical (unpaired) electrons. The molecule has 1 amide bonds. The van der Waals surface area contributed by atoms with Crippen molar-refractivity contribution < 1.29 is 14.3 Å². The number of amides is 1. The summed E-state index contributed by atoms with van der Waals surface area (Å²) in [7, 11) is 3.26. The summed E-state index contributed by atoms with van der Waals surface area (Å²) in [5.41, 5.74) is 2.79. The van der Waals surface area contributed by atoms with Gasteiger partial charge < -0.3 is 14.4 Å². The molecule has 3 rings (SSSR count). The number of carbonyl (C=O) groups is 1. The van der Waals surface area contributed by atoms with Crippen LogP contribution >= 0.6 is 11.6 Å². The third-order valence-electron chi connectivity index (χ3n) is 4.66. The van der Waals surface area contributed by atoms with Crippen molar-refractivity contribution in [2.75, 3.05) is 20.1 Å².